The van der Waals surface area contributed by atoms with Crippen molar-refractivity contribution in [1.29, 1.82) is 0 Å². The van der Waals surface area contributed by atoms with Crippen molar-refractivity contribution in [2.24, 2.45) is 0 Å². The number of nitrogens with zero attached hydrogens (tertiary/aromatic N) is 2. The fourth-order valence-electron chi connectivity index (χ4n) is 2.94. The number of halogens is 1. The summed E-state index contributed by atoms with van der Waals surface area (Å²) in [6.07, 6.45) is 0. The molecule has 0 radical (unpaired) electrons. The van der Waals surface area contributed by atoms with Crippen molar-refractivity contribution in [3.05, 3.63) is 99.3 Å². The highest BCUT2D eigenvalue weighted by atomic mass is 35.5. The number of thioether (sulfide) groups is 1. The smallest absolute Gasteiger partial charge is 0.281 e. The van der Waals surface area contributed by atoms with Crippen LogP contribution in [0.3, 0.4) is 0 Å². The summed E-state index contributed by atoms with van der Waals surface area (Å²) in [5.74, 6) is 0.774. The molecule has 0 saturated carbocycles. The van der Waals surface area contributed by atoms with E-state index in [1.807, 2.05) is 30.3 Å². The van der Waals surface area contributed by atoms with Gasteiger partial charge in [0, 0.05) is 16.3 Å². The van der Waals surface area contributed by atoms with Gasteiger partial charge in [0.1, 0.15) is 5.75 Å². The number of fused-ring (bicyclic) bond motifs is 1. The second-order valence-electron chi connectivity index (χ2n) is 6.64. The van der Waals surface area contributed by atoms with Gasteiger partial charge < -0.3 is 4.74 Å². The summed E-state index contributed by atoms with van der Waals surface area (Å²) >= 11 is 7.31. The van der Waals surface area contributed by atoms with Gasteiger partial charge in [0.25, 0.3) is 11.5 Å². The van der Waals surface area contributed by atoms with Gasteiger partial charge in [0.2, 0.25) is 0 Å². The minimum Gasteiger partial charge on any atom is -0.497 e. The van der Waals surface area contributed by atoms with Gasteiger partial charge in [-0.25, -0.2) is 4.98 Å². The third-order valence-electron chi connectivity index (χ3n) is 4.59. The molecule has 0 aliphatic heterocycles. The molecule has 0 aliphatic rings. The second-order valence-corrected chi connectivity index (χ2v) is 8.02. The Hall–Kier alpha value is -3.29. The van der Waals surface area contributed by atoms with E-state index in [2.05, 4.69) is 10.4 Å². The number of carbonyl (C=O) groups is 1. The van der Waals surface area contributed by atoms with Gasteiger partial charge in [-0.15, -0.1) is 0 Å². The lowest BCUT2D eigenvalue weighted by Gasteiger charge is -2.14. The van der Waals surface area contributed by atoms with E-state index >= 15 is 0 Å². The van der Waals surface area contributed by atoms with Crippen LogP contribution in [0.15, 0.2) is 82.7 Å². The molecule has 4 rings (SSSR count). The second kappa shape index (κ2) is 9.24. The standard InChI is InChI=1S/C23H18ClN3O3S/c1-30-18-12-8-16(9-13-18)21(28)26-27-22(29)19-4-2-3-5-20(19)25-23(27)31-14-15-6-10-17(24)11-7-15/h2-13H,14H2,1H3,(H,26,28). The molecular formula is C23H18ClN3O3S. The van der Waals surface area contributed by atoms with E-state index in [0.29, 0.717) is 38.1 Å². The minimum atomic E-state index is -0.421. The van der Waals surface area contributed by atoms with Gasteiger partial charge in [-0.05, 0) is 54.1 Å². The average molecular weight is 452 g/mol. The zero-order valence-electron chi connectivity index (χ0n) is 16.5. The topological polar surface area (TPSA) is 73.2 Å². The van der Waals surface area contributed by atoms with Crippen molar-refractivity contribution in [2.75, 3.05) is 12.5 Å². The van der Waals surface area contributed by atoms with Crippen LogP contribution >= 0.6 is 23.4 Å². The van der Waals surface area contributed by atoms with Crippen LogP contribution in [0.25, 0.3) is 10.9 Å². The van der Waals surface area contributed by atoms with Crippen molar-refractivity contribution < 1.29 is 9.53 Å². The van der Waals surface area contributed by atoms with Crippen LogP contribution in [0.1, 0.15) is 15.9 Å². The molecule has 4 aromatic rings. The summed E-state index contributed by atoms with van der Waals surface area (Å²) in [5, 5.41) is 1.47. The molecule has 1 heterocycles. The quantitative estimate of drug-likeness (QED) is 0.339. The first-order valence-electron chi connectivity index (χ1n) is 9.39. The molecule has 1 amide bonds. The van der Waals surface area contributed by atoms with Crippen molar-refractivity contribution in [3.63, 3.8) is 0 Å². The van der Waals surface area contributed by atoms with Crippen LogP contribution in [0.4, 0.5) is 0 Å². The minimum absolute atomic E-state index is 0.342. The highest BCUT2D eigenvalue weighted by molar-refractivity contribution is 7.98. The number of amides is 1. The highest BCUT2D eigenvalue weighted by Gasteiger charge is 2.15. The monoisotopic (exact) mass is 451 g/mol. The predicted molar refractivity (Wildman–Crippen MR) is 124 cm³/mol. The van der Waals surface area contributed by atoms with E-state index in [-0.39, 0.29) is 5.56 Å². The lowest BCUT2D eigenvalue weighted by atomic mass is 10.2. The zero-order chi connectivity index (χ0) is 21.8. The molecule has 3 aromatic carbocycles. The van der Waals surface area contributed by atoms with Gasteiger partial charge in [0.15, 0.2) is 5.16 Å². The van der Waals surface area contributed by atoms with Gasteiger partial charge >= 0.3 is 0 Å². The molecule has 0 bridgehead atoms. The zero-order valence-corrected chi connectivity index (χ0v) is 18.1. The third-order valence-corrected chi connectivity index (χ3v) is 5.85. The van der Waals surface area contributed by atoms with E-state index in [0.717, 1.165) is 5.56 Å². The van der Waals surface area contributed by atoms with E-state index in [1.165, 1.54) is 16.4 Å². The molecule has 0 spiro atoms. The Morgan fingerprint density at radius 3 is 2.48 bits per heavy atom. The summed E-state index contributed by atoms with van der Waals surface area (Å²) in [6.45, 7) is 0. The predicted octanol–water partition coefficient (Wildman–Crippen LogP) is 4.73. The largest absolute Gasteiger partial charge is 0.497 e. The van der Waals surface area contributed by atoms with Crippen LogP contribution in [0.2, 0.25) is 5.02 Å². The van der Waals surface area contributed by atoms with E-state index < -0.39 is 5.91 Å². The Morgan fingerprint density at radius 1 is 1.06 bits per heavy atom. The molecule has 156 valence electrons. The molecule has 8 heteroatoms. The van der Waals surface area contributed by atoms with Gasteiger partial charge in [-0.2, -0.15) is 4.68 Å². The van der Waals surface area contributed by atoms with Crippen molar-refractivity contribution >= 4 is 40.2 Å². The molecule has 1 N–H and O–H groups in total. The number of hydrogen-bond donors (Lipinski definition) is 1. The van der Waals surface area contributed by atoms with E-state index in [1.54, 1.807) is 49.6 Å². The molecular weight excluding hydrogens is 434 g/mol. The number of benzene rings is 3. The number of nitrogens with one attached hydrogen (secondary N) is 1. The Bertz CT molecular complexity index is 1290. The molecule has 31 heavy (non-hydrogen) atoms. The van der Waals surface area contributed by atoms with Crippen LogP contribution < -0.4 is 15.7 Å². The SMILES string of the molecule is COc1ccc(C(=O)Nn2c(SCc3ccc(Cl)cc3)nc3ccccc3c2=O)cc1. The van der Waals surface area contributed by atoms with Crippen molar-refractivity contribution in [2.45, 2.75) is 10.9 Å². The number of para-hydroxylation sites is 1. The maximum absolute atomic E-state index is 13.1. The number of ether oxygens (including phenoxy) is 1. The summed E-state index contributed by atoms with van der Waals surface area (Å²) < 4.78 is 6.33. The molecule has 0 aliphatic carbocycles. The molecule has 0 unspecified atom stereocenters. The number of rotatable bonds is 6. The highest BCUT2D eigenvalue weighted by Crippen LogP contribution is 2.23. The number of aromatic nitrogens is 2. The van der Waals surface area contributed by atoms with E-state index in [9.17, 15) is 9.59 Å². The Morgan fingerprint density at radius 2 is 1.77 bits per heavy atom. The Kier molecular flexibility index (Phi) is 6.25. The Labute approximate surface area is 187 Å². The first-order chi connectivity index (χ1) is 15.0. The summed E-state index contributed by atoms with van der Waals surface area (Å²) in [6, 6.07) is 21.1. The van der Waals surface area contributed by atoms with Crippen LogP contribution in [0, 0.1) is 0 Å². The number of carbonyl (C=O) groups excluding carboxylic acids is 1. The summed E-state index contributed by atoms with van der Waals surface area (Å²) in [4.78, 5) is 30.5. The molecule has 0 atom stereocenters. The summed E-state index contributed by atoms with van der Waals surface area (Å²) in [5.41, 5.74) is 4.33. The maximum Gasteiger partial charge on any atom is 0.281 e. The van der Waals surface area contributed by atoms with E-state index in [4.69, 9.17) is 16.3 Å². The number of hydrogen-bond acceptors (Lipinski definition) is 5. The normalized spacial score (nSPS) is 10.8. The van der Waals surface area contributed by atoms with Gasteiger partial charge in [0.05, 0.1) is 18.0 Å². The first kappa shape index (κ1) is 21.0. The molecule has 6 nitrogen and oxygen atoms in total. The molecule has 1 aromatic heterocycles. The fourth-order valence-corrected chi connectivity index (χ4v) is 3.98. The molecule has 0 saturated heterocycles. The van der Waals surface area contributed by atoms with Gasteiger partial charge in [-0.3, -0.25) is 15.0 Å². The molecule has 0 fully saturated rings. The van der Waals surface area contributed by atoms with Crippen molar-refractivity contribution in [1.82, 2.24) is 9.66 Å². The van der Waals surface area contributed by atoms with Gasteiger partial charge in [-0.1, -0.05) is 47.6 Å². The maximum atomic E-state index is 13.1. The third kappa shape index (κ3) is 4.73. The lowest BCUT2D eigenvalue weighted by molar-refractivity contribution is 0.100. The van der Waals surface area contributed by atoms with Crippen LogP contribution in [-0.4, -0.2) is 22.7 Å². The summed E-state index contributed by atoms with van der Waals surface area (Å²) in [7, 11) is 1.56. The Balaban J connectivity index is 1.68. The average Bonchev–Trinajstić information content (AvgIpc) is 2.81. The first-order valence-corrected chi connectivity index (χ1v) is 10.8. The fraction of sp³-hybridized carbons (Fsp3) is 0.0870. The van der Waals surface area contributed by atoms with Crippen LogP contribution in [0.5, 0.6) is 5.75 Å². The van der Waals surface area contributed by atoms with Crippen molar-refractivity contribution in [3.8, 4) is 5.75 Å². The van der Waals surface area contributed by atoms with Crippen LogP contribution in [-0.2, 0) is 5.75 Å². The number of methoxy groups -OCH3 is 1. The lowest BCUT2D eigenvalue weighted by Crippen LogP contribution is -2.35.